The largest absolute Gasteiger partial charge is 0.349 e. The topological polar surface area (TPSA) is 28.7 Å². The summed E-state index contributed by atoms with van der Waals surface area (Å²) in [6, 6.07) is 0. The second-order valence-corrected chi connectivity index (χ2v) is 1.23. The summed E-state index contributed by atoms with van der Waals surface area (Å²) >= 11 is 0. The van der Waals surface area contributed by atoms with Gasteiger partial charge in [0, 0.05) is 11.9 Å². The van der Waals surface area contributed by atoms with Crippen molar-refractivity contribution in [1.82, 2.24) is 9.97 Å². The van der Waals surface area contributed by atoms with Crippen molar-refractivity contribution in [2.24, 2.45) is 0 Å². The molecule has 1 N–H and O–H groups in total. The molecule has 1 rings (SSSR count). The van der Waals surface area contributed by atoms with Gasteiger partial charge in [-0.25, -0.2) is 4.98 Å². The first kappa shape index (κ1) is 6.50. The zero-order valence-corrected chi connectivity index (χ0v) is 4.83. The fourth-order valence-electron chi connectivity index (χ4n) is 0.325. The second-order valence-electron chi connectivity index (χ2n) is 1.23. The lowest BCUT2D eigenvalue weighted by molar-refractivity contribution is 1.25. The minimum absolute atomic E-state index is 0. The lowest BCUT2D eigenvalue weighted by Crippen LogP contribution is -1.59. The maximum atomic E-state index is 3.77. The fraction of sp³-hybridized carbons (Fsp3) is 0.250. The molecule has 0 aliphatic carbocycles. The van der Waals surface area contributed by atoms with Crippen LogP contribution in [0.15, 0.2) is 12.5 Å². The van der Waals surface area contributed by atoms with Gasteiger partial charge in [-0.05, 0) is 6.92 Å². The molecule has 0 aliphatic rings. The third-order valence-electron chi connectivity index (χ3n) is 0.635. The van der Waals surface area contributed by atoms with E-state index in [2.05, 4.69) is 9.97 Å². The van der Waals surface area contributed by atoms with Crippen LogP contribution >= 0.6 is 12.4 Å². The summed E-state index contributed by atoms with van der Waals surface area (Å²) in [7, 11) is 0. The first-order valence-electron chi connectivity index (χ1n) is 1.84. The van der Waals surface area contributed by atoms with Gasteiger partial charge in [-0.15, -0.1) is 12.4 Å². The third kappa shape index (κ3) is 1.59. The Morgan fingerprint density at radius 1 is 1.71 bits per heavy atom. The molecule has 40 valence electrons. The molecule has 2 nitrogen and oxygen atoms in total. The van der Waals surface area contributed by atoms with Gasteiger partial charge < -0.3 is 4.98 Å². The van der Waals surface area contributed by atoms with Gasteiger partial charge in [-0.3, -0.25) is 0 Å². The van der Waals surface area contributed by atoms with Crippen LogP contribution in [-0.4, -0.2) is 9.97 Å². The number of imidazole rings is 1. The van der Waals surface area contributed by atoms with Crippen LogP contribution in [0, 0.1) is 6.92 Å². The van der Waals surface area contributed by atoms with Crippen LogP contribution in [0.1, 0.15) is 5.69 Å². The molecule has 0 fully saturated rings. The van der Waals surface area contributed by atoms with Crippen molar-refractivity contribution in [3.63, 3.8) is 0 Å². The summed E-state index contributed by atoms with van der Waals surface area (Å²) in [5.41, 5.74) is 1.11. The van der Waals surface area contributed by atoms with E-state index in [1.165, 1.54) is 0 Å². The zero-order chi connectivity index (χ0) is 4.41. The summed E-state index contributed by atoms with van der Waals surface area (Å²) in [5.74, 6) is 0. The van der Waals surface area contributed by atoms with Crippen molar-refractivity contribution in [1.29, 1.82) is 0 Å². The number of nitrogens with zero attached hydrogens (tertiary/aromatic N) is 1. The number of hydrogen-bond acceptors (Lipinski definition) is 1. The predicted molar refractivity (Wildman–Crippen MR) is 30.6 cm³/mol. The normalized spacial score (nSPS) is 7.57. The van der Waals surface area contributed by atoms with E-state index in [0.29, 0.717) is 0 Å². The van der Waals surface area contributed by atoms with Gasteiger partial charge in [0.25, 0.3) is 0 Å². The third-order valence-corrected chi connectivity index (χ3v) is 0.635. The van der Waals surface area contributed by atoms with Crippen molar-refractivity contribution in [2.75, 3.05) is 0 Å². The molecule has 0 saturated heterocycles. The summed E-state index contributed by atoms with van der Waals surface area (Å²) < 4.78 is 0. The SMILES string of the molecule is Cc1cnc[nH]1.Cl. The van der Waals surface area contributed by atoms with Gasteiger partial charge in [0.15, 0.2) is 0 Å². The van der Waals surface area contributed by atoms with E-state index in [1.54, 1.807) is 12.5 Å². The maximum absolute atomic E-state index is 3.77. The summed E-state index contributed by atoms with van der Waals surface area (Å²) in [6.07, 6.45) is 3.44. The monoisotopic (exact) mass is 118 g/mol. The minimum atomic E-state index is 0. The van der Waals surface area contributed by atoms with Gasteiger partial charge >= 0.3 is 0 Å². The lowest BCUT2D eigenvalue weighted by Gasteiger charge is -1.67. The number of aromatic nitrogens is 2. The van der Waals surface area contributed by atoms with Crippen molar-refractivity contribution >= 4 is 12.4 Å². The van der Waals surface area contributed by atoms with E-state index in [4.69, 9.17) is 0 Å². The van der Waals surface area contributed by atoms with Crippen LogP contribution in [-0.2, 0) is 0 Å². The van der Waals surface area contributed by atoms with Crippen LogP contribution in [0.4, 0.5) is 0 Å². The molecule has 1 heterocycles. The van der Waals surface area contributed by atoms with E-state index in [-0.39, 0.29) is 12.4 Å². The molecule has 0 bridgehead atoms. The first-order valence-corrected chi connectivity index (χ1v) is 1.84. The molecule has 0 unspecified atom stereocenters. The van der Waals surface area contributed by atoms with E-state index in [0.717, 1.165) is 5.69 Å². The van der Waals surface area contributed by atoms with Crippen LogP contribution in [0.5, 0.6) is 0 Å². The maximum Gasteiger partial charge on any atom is 0.0921 e. The summed E-state index contributed by atoms with van der Waals surface area (Å²) in [6.45, 7) is 1.97. The molecule has 3 heteroatoms. The highest BCUT2D eigenvalue weighted by Gasteiger charge is 1.73. The van der Waals surface area contributed by atoms with Crippen molar-refractivity contribution in [3.8, 4) is 0 Å². The molecule has 0 spiro atoms. The van der Waals surface area contributed by atoms with Crippen LogP contribution in [0.2, 0.25) is 0 Å². The number of hydrogen-bond donors (Lipinski definition) is 1. The minimum Gasteiger partial charge on any atom is -0.349 e. The van der Waals surface area contributed by atoms with Crippen molar-refractivity contribution < 1.29 is 0 Å². The molecule has 7 heavy (non-hydrogen) atoms. The molecule has 1 aromatic rings. The lowest BCUT2D eigenvalue weighted by atomic mass is 10.6. The quantitative estimate of drug-likeness (QED) is 0.544. The highest BCUT2D eigenvalue weighted by molar-refractivity contribution is 5.85. The van der Waals surface area contributed by atoms with Crippen LogP contribution < -0.4 is 0 Å². The number of H-pyrrole nitrogens is 1. The Morgan fingerprint density at radius 3 is 2.57 bits per heavy atom. The van der Waals surface area contributed by atoms with Gasteiger partial charge in [-0.2, -0.15) is 0 Å². The Bertz CT molecular complexity index is 113. The molecule has 1 aromatic heterocycles. The van der Waals surface area contributed by atoms with Crippen molar-refractivity contribution in [2.45, 2.75) is 6.92 Å². The van der Waals surface area contributed by atoms with Gasteiger partial charge in [0.05, 0.1) is 6.33 Å². The molecular formula is C4H7ClN2. The number of rotatable bonds is 0. The number of halogens is 1. The molecule has 0 atom stereocenters. The van der Waals surface area contributed by atoms with Gasteiger partial charge in [0.2, 0.25) is 0 Å². The Morgan fingerprint density at radius 2 is 2.43 bits per heavy atom. The van der Waals surface area contributed by atoms with Crippen LogP contribution in [0.25, 0.3) is 0 Å². The number of nitrogens with one attached hydrogen (secondary N) is 1. The van der Waals surface area contributed by atoms with Crippen molar-refractivity contribution in [3.05, 3.63) is 18.2 Å². The highest BCUT2D eigenvalue weighted by atomic mass is 35.5. The molecule has 0 radical (unpaired) electrons. The highest BCUT2D eigenvalue weighted by Crippen LogP contribution is 1.81. The summed E-state index contributed by atoms with van der Waals surface area (Å²) in [4.78, 5) is 6.66. The predicted octanol–water partition coefficient (Wildman–Crippen LogP) is 1.14. The number of aryl methyl sites for hydroxylation is 1. The van der Waals surface area contributed by atoms with E-state index in [1.807, 2.05) is 6.92 Å². The summed E-state index contributed by atoms with van der Waals surface area (Å²) in [5, 5.41) is 0. The Kier molecular flexibility index (Phi) is 2.45. The second kappa shape index (κ2) is 2.64. The van der Waals surface area contributed by atoms with E-state index >= 15 is 0 Å². The van der Waals surface area contributed by atoms with E-state index in [9.17, 15) is 0 Å². The van der Waals surface area contributed by atoms with Crippen LogP contribution in [0.3, 0.4) is 0 Å². The van der Waals surface area contributed by atoms with E-state index < -0.39 is 0 Å². The molecule has 0 saturated carbocycles. The smallest absolute Gasteiger partial charge is 0.0921 e. The Balaban J connectivity index is 0.000000360. The zero-order valence-electron chi connectivity index (χ0n) is 4.01. The standard InChI is InChI=1S/C4H6N2.ClH/c1-4-2-5-3-6-4;/h2-3H,1H3,(H,5,6);1H. The molecule has 0 aromatic carbocycles. The Labute approximate surface area is 48.4 Å². The average molecular weight is 119 g/mol. The van der Waals surface area contributed by atoms with Gasteiger partial charge in [0.1, 0.15) is 0 Å². The molecule has 0 aliphatic heterocycles. The van der Waals surface area contributed by atoms with Gasteiger partial charge in [-0.1, -0.05) is 0 Å². The fourth-order valence-corrected chi connectivity index (χ4v) is 0.325. The molecule has 0 amide bonds. The number of aromatic amines is 1. The first-order chi connectivity index (χ1) is 2.89. The molecular weight excluding hydrogens is 112 g/mol. The Hall–Kier alpha value is -0.500. The average Bonchev–Trinajstić information content (AvgIpc) is 1.86.